The standard InChI is InChI=1S/C11H13BrN4O2/c1-3-18-10(17)7(2)13-11-14-9-5-4-8(12)6-16(9)15-11/h4-7H,3H2,1-2H3,(H,13,15). The highest BCUT2D eigenvalue weighted by Crippen LogP contribution is 2.12. The minimum Gasteiger partial charge on any atom is -0.464 e. The lowest BCUT2D eigenvalue weighted by Crippen LogP contribution is -2.28. The lowest BCUT2D eigenvalue weighted by Gasteiger charge is -2.10. The molecular formula is C11H13BrN4O2. The summed E-state index contributed by atoms with van der Waals surface area (Å²) in [5.41, 5.74) is 0.705. The van der Waals surface area contributed by atoms with Crippen molar-refractivity contribution in [2.75, 3.05) is 11.9 Å². The van der Waals surface area contributed by atoms with Crippen LogP contribution in [0, 0.1) is 0 Å². The molecule has 18 heavy (non-hydrogen) atoms. The second-order valence-corrected chi connectivity index (χ2v) is 4.62. The number of carbonyl (C=O) groups excluding carboxylic acids is 1. The van der Waals surface area contributed by atoms with Gasteiger partial charge in [-0.3, -0.25) is 0 Å². The smallest absolute Gasteiger partial charge is 0.328 e. The fourth-order valence-electron chi connectivity index (χ4n) is 1.44. The van der Waals surface area contributed by atoms with E-state index in [-0.39, 0.29) is 5.97 Å². The van der Waals surface area contributed by atoms with Crippen LogP contribution < -0.4 is 5.32 Å². The molecule has 0 saturated heterocycles. The molecule has 2 rings (SSSR count). The summed E-state index contributed by atoms with van der Waals surface area (Å²) in [5.74, 6) is 0.0752. The molecule has 7 heteroatoms. The number of hydrogen-bond donors (Lipinski definition) is 1. The summed E-state index contributed by atoms with van der Waals surface area (Å²) in [7, 11) is 0. The van der Waals surface area contributed by atoms with Gasteiger partial charge in [-0.2, -0.15) is 4.98 Å². The van der Waals surface area contributed by atoms with Crippen LogP contribution in [0.5, 0.6) is 0 Å². The van der Waals surface area contributed by atoms with Crippen molar-refractivity contribution in [3.05, 3.63) is 22.8 Å². The third-order valence-electron chi connectivity index (χ3n) is 2.28. The van der Waals surface area contributed by atoms with Crippen molar-refractivity contribution in [2.45, 2.75) is 19.9 Å². The molecule has 0 bridgehead atoms. The van der Waals surface area contributed by atoms with E-state index in [2.05, 4.69) is 31.3 Å². The fraction of sp³-hybridized carbons (Fsp3) is 0.364. The number of nitrogens with one attached hydrogen (secondary N) is 1. The Morgan fingerprint density at radius 3 is 3.11 bits per heavy atom. The number of nitrogens with zero attached hydrogens (tertiary/aromatic N) is 3. The van der Waals surface area contributed by atoms with E-state index in [1.54, 1.807) is 24.6 Å². The van der Waals surface area contributed by atoms with Gasteiger partial charge in [-0.05, 0) is 41.9 Å². The Morgan fingerprint density at radius 2 is 2.39 bits per heavy atom. The molecule has 2 aromatic rings. The Balaban J connectivity index is 2.14. The zero-order valence-corrected chi connectivity index (χ0v) is 11.6. The van der Waals surface area contributed by atoms with Crippen LogP contribution in [0.3, 0.4) is 0 Å². The van der Waals surface area contributed by atoms with Gasteiger partial charge >= 0.3 is 5.97 Å². The molecule has 96 valence electrons. The maximum Gasteiger partial charge on any atom is 0.328 e. The highest BCUT2D eigenvalue weighted by Gasteiger charge is 2.15. The molecule has 0 saturated carbocycles. The third-order valence-corrected chi connectivity index (χ3v) is 2.75. The van der Waals surface area contributed by atoms with Crippen molar-refractivity contribution in [3.8, 4) is 0 Å². The van der Waals surface area contributed by atoms with E-state index in [4.69, 9.17) is 4.74 Å². The van der Waals surface area contributed by atoms with Crippen molar-refractivity contribution in [1.82, 2.24) is 14.6 Å². The third kappa shape index (κ3) is 2.79. The summed E-state index contributed by atoms with van der Waals surface area (Å²) in [5, 5.41) is 7.12. The maximum absolute atomic E-state index is 11.5. The highest BCUT2D eigenvalue weighted by atomic mass is 79.9. The van der Waals surface area contributed by atoms with Crippen LogP contribution in [0.1, 0.15) is 13.8 Å². The van der Waals surface area contributed by atoms with Gasteiger partial charge < -0.3 is 10.1 Å². The molecule has 0 fully saturated rings. The number of pyridine rings is 1. The van der Waals surface area contributed by atoms with Gasteiger partial charge in [0, 0.05) is 10.7 Å². The minimum atomic E-state index is -0.481. The Morgan fingerprint density at radius 1 is 1.61 bits per heavy atom. The topological polar surface area (TPSA) is 68.5 Å². The van der Waals surface area contributed by atoms with E-state index >= 15 is 0 Å². The van der Waals surface area contributed by atoms with Crippen LogP contribution in [-0.2, 0) is 9.53 Å². The lowest BCUT2D eigenvalue weighted by molar-refractivity contribution is -0.143. The van der Waals surface area contributed by atoms with Gasteiger partial charge in [0.05, 0.1) is 6.61 Å². The second-order valence-electron chi connectivity index (χ2n) is 3.70. The first-order valence-corrected chi connectivity index (χ1v) is 6.34. The molecule has 2 heterocycles. The molecule has 0 spiro atoms. The SMILES string of the molecule is CCOC(=O)C(C)Nc1nc2ccc(Br)cn2n1. The lowest BCUT2D eigenvalue weighted by atomic mass is 10.3. The molecule has 1 N–H and O–H groups in total. The molecule has 0 aliphatic rings. The monoisotopic (exact) mass is 312 g/mol. The van der Waals surface area contributed by atoms with Crippen molar-refractivity contribution in [1.29, 1.82) is 0 Å². The summed E-state index contributed by atoms with van der Waals surface area (Å²) < 4.78 is 7.43. The fourth-order valence-corrected chi connectivity index (χ4v) is 1.77. The molecule has 0 aliphatic carbocycles. The van der Waals surface area contributed by atoms with Crippen LogP contribution in [0.25, 0.3) is 5.65 Å². The van der Waals surface area contributed by atoms with Crippen LogP contribution in [0.4, 0.5) is 5.95 Å². The first-order valence-electron chi connectivity index (χ1n) is 5.55. The highest BCUT2D eigenvalue weighted by molar-refractivity contribution is 9.10. The van der Waals surface area contributed by atoms with Crippen molar-refractivity contribution >= 4 is 33.5 Å². The van der Waals surface area contributed by atoms with Crippen LogP contribution >= 0.6 is 15.9 Å². The molecule has 0 radical (unpaired) electrons. The molecule has 0 aliphatic heterocycles. The molecule has 6 nitrogen and oxygen atoms in total. The number of rotatable bonds is 4. The number of aromatic nitrogens is 3. The van der Waals surface area contributed by atoms with Gasteiger partial charge in [0.2, 0.25) is 5.95 Å². The van der Waals surface area contributed by atoms with Crippen molar-refractivity contribution in [3.63, 3.8) is 0 Å². The predicted octanol–water partition coefficient (Wildman–Crippen LogP) is 1.86. The summed E-state index contributed by atoms with van der Waals surface area (Å²) in [4.78, 5) is 15.7. The largest absolute Gasteiger partial charge is 0.464 e. The predicted molar refractivity (Wildman–Crippen MR) is 70.4 cm³/mol. The van der Waals surface area contributed by atoms with Gasteiger partial charge in [-0.15, -0.1) is 5.10 Å². The first kappa shape index (κ1) is 12.8. The Bertz CT molecular complexity index is 569. The van der Waals surface area contributed by atoms with Gasteiger partial charge in [0.15, 0.2) is 5.65 Å². The Labute approximate surface area is 112 Å². The average Bonchev–Trinajstić information content (AvgIpc) is 2.70. The second kappa shape index (κ2) is 5.34. The number of fused-ring (bicyclic) bond motifs is 1. The van der Waals surface area contributed by atoms with E-state index in [1.807, 2.05) is 12.1 Å². The van der Waals surface area contributed by atoms with Gasteiger partial charge in [0.25, 0.3) is 0 Å². The maximum atomic E-state index is 11.5. The zero-order chi connectivity index (χ0) is 13.1. The summed E-state index contributed by atoms with van der Waals surface area (Å²) >= 11 is 3.35. The van der Waals surface area contributed by atoms with E-state index in [1.165, 1.54) is 0 Å². The quantitative estimate of drug-likeness (QED) is 0.873. The van der Waals surface area contributed by atoms with Gasteiger partial charge in [-0.25, -0.2) is 9.31 Å². The van der Waals surface area contributed by atoms with Crippen molar-refractivity contribution < 1.29 is 9.53 Å². The number of carbonyl (C=O) groups is 1. The van der Waals surface area contributed by atoms with E-state index in [0.717, 1.165) is 4.47 Å². The molecule has 0 amide bonds. The van der Waals surface area contributed by atoms with Crippen LogP contribution in [0.2, 0.25) is 0 Å². The number of halogens is 1. The molecule has 1 atom stereocenters. The first-order chi connectivity index (χ1) is 8.60. The van der Waals surface area contributed by atoms with E-state index in [9.17, 15) is 4.79 Å². The summed E-state index contributed by atoms with van der Waals surface area (Å²) in [6, 6.07) is 3.23. The zero-order valence-electron chi connectivity index (χ0n) is 10.1. The number of anilines is 1. The van der Waals surface area contributed by atoms with Crippen LogP contribution in [0.15, 0.2) is 22.8 Å². The summed E-state index contributed by atoms with van der Waals surface area (Å²) in [6.07, 6.45) is 1.79. The van der Waals surface area contributed by atoms with E-state index in [0.29, 0.717) is 18.2 Å². The average molecular weight is 313 g/mol. The summed E-state index contributed by atoms with van der Waals surface area (Å²) in [6.45, 7) is 3.83. The minimum absolute atomic E-state index is 0.322. The number of esters is 1. The number of ether oxygens (including phenoxy) is 1. The normalized spacial score (nSPS) is 12.4. The van der Waals surface area contributed by atoms with Gasteiger partial charge in [0.1, 0.15) is 6.04 Å². The molecular weight excluding hydrogens is 300 g/mol. The molecule has 1 unspecified atom stereocenters. The molecule has 2 aromatic heterocycles. The molecule has 0 aromatic carbocycles. The van der Waals surface area contributed by atoms with Crippen LogP contribution in [-0.4, -0.2) is 33.2 Å². The van der Waals surface area contributed by atoms with E-state index < -0.39 is 6.04 Å². The Hall–Kier alpha value is -1.63. The van der Waals surface area contributed by atoms with Crippen molar-refractivity contribution in [2.24, 2.45) is 0 Å². The number of hydrogen-bond acceptors (Lipinski definition) is 5. The van der Waals surface area contributed by atoms with Gasteiger partial charge in [-0.1, -0.05) is 0 Å². The Kier molecular flexibility index (Phi) is 3.81.